The van der Waals surface area contributed by atoms with Gasteiger partial charge in [0.05, 0.1) is 30.3 Å². The summed E-state index contributed by atoms with van der Waals surface area (Å²) in [5.41, 5.74) is 5.99. The van der Waals surface area contributed by atoms with Gasteiger partial charge in [-0.15, -0.1) is 11.3 Å². The van der Waals surface area contributed by atoms with Crippen molar-refractivity contribution in [3.8, 4) is 17.6 Å². The number of benzene rings is 1. The first kappa shape index (κ1) is 19.0. The number of nitrogens with zero attached hydrogens (tertiary/aromatic N) is 2. The van der Waals surface area contributed by atoms with Gasteiger partial charge < -0.3 is 19.9 Å². The molecule has 0 bridgehead atoms. The standard InChI is InChI=1S/C16H15N3O6S/c1-3-24-16(20)14-11(10(7-17)15(18)26-14)8-25-13-6-9(19(21)22)4-5-12(13)23-2/h4-6H,3,8,18H2,1-2H3. The third-order valence-electron chi connectivity index (χ3n) is 3.34. The number of ether oxygens (including phenoxy) is 3. The molecule has 136 valence electrons. The summed E-state index contributed by atoms with van der Waals surface area (Å²) >= 11 is 0.928. The Balaban J connectivity index is 2.38. The second kappa shape index (κ2) is 8.17. The zero-order valence-corrected chi connectivity index (χ0v) is 14.8. The van der Waals surface area contributed by atoms with Gasteiger partial charge in [-0.25, -0.2) is 4.79 Å². The first-order valence-electron chi connectivity index (χ1n) is 7.36. The Hall–Kier alpha value is -3.32. The summed E-state index contributed by atoms with van der Waals surface area (Å²) in [4.78, 5) is 22.6. The van der Waals surface area contributed by atoms with Crippen LogP contribution in [0.2, 0.25) is 0 Å². The number of hydrogen-bond donors (Lipinski definition) is 1. The van der Waals surface area contributed by atoms with E-state index in [-0.39, 0.29) is 51.4 Å². The molecular weight excluding hydrogens is 362 g/mol. The van der Waals surface area contributed by atoms with E-state index in [1.54, 1.807) is 6.92 Å². The highest BCUT2D eigenvalue weighted by molar-refractivity contribution is 7.18. The van der Waals surface area contributed by atoms with Gasteiger partial charge in [-0.3, -0.25) is 10.1 Å². The van der Waals surface area contributed by atoms with E-state index in [9.17, 15) is 20.2 Å². The van der Waals surface area contributed by atoms with Crippen LogP contribution < -0.4 is 15.2 Å². The molecule has 1 aromatic carbocycles. The predicted octanol–water partition coefficient (Wildman–Crippen LogP) is 2.87. The Bertz CT molecular complexity index is 887. The van der Waals surface area contributed by atoms with Crippen molar-refractivity contribution in [1.29, 1.82) is 5.26 Å². The number of nitro benzene ring substituents is 1. The molecule has 0 aliphatic rings. The van der Waals surface area contributed by atoms with Crippen molar-refractivity contribution < 1.29 is 23.9 Å². The first-order chi connectivity index (χ1) is 12.4. The van der Waals surface area contributed by atoms with E-state index in [2.05, 4.69) is 0 Å². The van der Waals surface area contributed by atoms with Crippen molar-refractivity contribution in [1.82, 2.24) is 0 Å². The molecule has 0 aliphatic heterocycles. The van der Waals surface area contributed by atoms with Crippen LogP contribution in [0.1, 0.15) is 27.7 Å². The fraction of sp³-hybridized carbons (Fsp3) is 0.250. The van der Waals surface area contributed by atoms with Crippen molar-refractivity contribution in [3.05, 3.63) is 44.3 Å². The monoisotopic (exact) mass is 377 g/mol. The number of nitriles is 1. The van der Waals surface area contributed by atoms with Crippen LogP contribution in [0, 0.1) is 21.4 Å². The first-order valence-corrected chi connectivity index (χ1v) is 8.18. The van der Waals surface area contributed by atoms with E-state index < -0.39 is 10.9 Å². The number of carbonyl (C=O) groups excluding carboxylic acids is 1. The maximum atomic E-state index is 12.1. The van der Waals surface area contributed by atoms with Gasteiger partial charge in [-0.2, -0.15) is 5.26 Å². The lowest BCUT2D eigenvalue weighted by molar-refractivity contribution is -0.385. The van der Waals surface area contributed by atoms with Crippen molar-refractivity contribution in [2.45, 2.75) is 13.5 Å². The quantitative estimate of drug-likeness (QED) is 0.441. The van der Waals surface area contributed by atoms with Crippen LogP contribution in [0.3, 0.4) is 0 Å². The molecule has 1 aromatic heterocycles. The van der Waals surface area contributed by atoms with Crippen molar-refractivity contribution in [2.75, 3.05) is 19.5 Å². The van der Waals surface area contributed by atoms with Gasteiger partial charge in [0.2, 0.25) is 0 Å². The Morgan fingerprint density at radius 3 is 2.73 bits per heavy atom. The number of carbonyl (C=O) groups is 1. The van der Waals surface area contributed by atoms with Crippen LogP contribution in [0.15, 0.2) is 18.2 Å². The highest BCUT2D eigenvalue weighted by Gasteiger charge is 2.24. The Kier molecular flexibility index (Phi) is 5.98. The Morgan fingerprint density at radius 1 is 1.42 bits per heavy atom. The topological polar surface area (TPSA) is 138 Å². The van der Waals surface area contributed by atoms with E-state index in [0.717, 1.165) is 11.3 Å². The number of thiophene rings is 1. The van der Waals surface area contributed by atoms with E-state index in [1.165, 1.54) is 25.3 Å². The summed E-state index contributed by atoms with van der Waals surface area (Å²) in [7, 11) is 1.39. The second-order valence-electron chi connectivity index (χ2n) is 4.86. The zero-order valence-electron chi connectivity index (χ0n) is 14.0. The maximum absolute atomic E-state index is 12.1. The Labute approximate surface area is 152 Å². The molecule has 0 radical (unpaired) electrons. The summed E-state index contributed by atoms with van der Waals surface area (Å²) in [6.45, 7) is 1.62. The molecule has 0 spiro atoms. The number of rotatable bonds is 7. The van der Waals surface area contributed by atoms with Crippen molar-refractivity contribution >= 4 is 28.0 Å². The minimum absolute atomic E-state index is 0.102. The van der Waals surface area contributed by atoms with Gasteiger partial charge >= 0.3 is 5.97 Å². The smallest absolute Gasteiger partial charge is 0.348 e. The maximum Gasteiger partial charge on any atom is 0.348 e. The number of anilines is 1. The molecular formula is C16H15N3O6S. The number of hydrogen-bond acceptors (Lipinski definition) is 9. The lowest BCUT2D eigenvalue weighted by Gasteiger charge is -2.11. The number of nitro groups is 1. The van der Waals surface area contributed by atoms with Crippen LogP contribution in [0.25, 0.3) is 0 Å². The highest BCUT2D eigenvalue weighted by Crippen LogP contribution is 2.35. The second-order valence-corrected chi connectivity index (χ2v) is 5.91. The van der Waals surface area contributed by atoms with Crippen LogP contribution >= 0.6 is 11.3 Å². The van der Waals surface area contributed by atoms with E-state index >= 15 is 0 Å². The lowest BCUT2D eigenvalue weighted by Crippen LogP contribution is -2.08. The van der Waals surface area contributed by atoms with Gasteiger partial charge in [0, 0.05) is 11.6 Å². The van der Waals surface area contributed by atoms with Gasteiger partial charge in [0.15, 0.2) is 11.5 Å². The average molecular weight is 377 g/mol. The van der Waals surface area contributed by atoms with Gasteiger partial charge in [-0.1, -0.05) is 0 Å². The van der Waals surface area contributed by atoms with Crippen molar-refractivity contribution in [2.24, 2.45) is 0 Å². The fourth-order valence-corrected chi connectivity index (χ4v) is 3.07. The molecule has 0 amide bonds. The molecule has 0 aliphatic carbocycles. The predicted molar refractivity (Wildman–Crippen MR) is 93.4 cm³/mol. The number of nitrogens with two attached hydrogens (primary N) is 1. The number of methoxy groups -OCH3 is 1. The molecule has 1 heterocycles. The molecule has 2 aromatic rings. The van der Waals surface area contributed by atoms with Crippen LogP contribution in [0.5, 0.6) is 11.5 Å². The Morgan fingerprint density at radius 2 is 2.15 bits per heavy atom. The molecule has 9 nitrogen and oxygen atoms in total. The summed E-state index contributed by atoms with van der Waals surface area (Å²) in [6, 6.07) is 5.81. The minimum atomic E-state index is -0.615. The largest absolute Gasteiger partial charge is 0.493 e. The number of nitrogen functional groups attached to an aromatic ring is 1. The fourth-order valence-electron chi connectivity index (χ4n) is 2.15. The zero-order chi connectivity index (χ0) is 19.3. The molecule has 26 heavy (non-hydrogen) atoms. The molecule has 0 saturated heterocycles. The van der Waals surface area contributed by atoms with Crippen LogP contribution in [-0.4, -0.2) is 24.6 Å². The van der Waals surface area contributed by atoms with Crippen LogP contribution in [0.4, 0.5) is 10.7 Å². The molecule has 0 atom stereocenters. The SMILES string of the molecule is CCOC(=O)c1sc(N)c(C#N)c1COc1cc([N+](=O)[O-])ccc1OC. The summed E-state index contributed by atoms with van der Waals surface area (Å²) < 4.78 is 15.7. The van der Waals surface area contributed by atoms with Gasteiger partial charge in [0.1, 0.15) is 22.6 Å². The minimum Gasteiger partial charge on any atom is -0.493 e. The highest BCUT2D eigenvalue weighted by atomic mass is 32.1. The van der Waals surface area contributed by atoms with Crippen molar-refractivity contribution in [3.63, 3.8) is 0 Å². The van der Waals surface area contributed by atoms with Gasteiger partial charge in [0.25, 0.3) is 5.69 Å². The van der Waals surface area contributed by atoms with E-state index in [4.69, 9.17) is 19.9 Å². The molecule has 0 fully saturated rings. The third kappa shape index (κ3) is 3.84. The molecule has 10 heteroatoms. The summed E-state index contributed by atoms with van der Waals surface area (Å²) in [5, 5.41) is 20.4. The van der Waals surface area contributed by atoms with E-state index in [0.29, 0.717) is 0 Å². The summed E-state index contributed by atoms with van der Waals surface area (Å²) in [5.74, 6) is -0.240. The third-order valence-corrected chi connectivity index (χ3v) is 4.38. The lowest BCUT2D eigenvalue weighted by atomic mass is 10.1. The van der Waals surface area contributed by atoms with Crippen LogP contribution in [-0.2, 0) is 11.3 Å². The molecule has 2 N–H and O–H groups in total. The molecule has 2 rings (SSSR count). The average Bonchev–Trinajstić information content (AvgIpc) is 2.95. The number of esters is 1. The normalized spacial score (nSPS) is 10.0. The van der Waals surface area contributed by atoms with E-state index in [1.807, 2.05) is 6.07 Å². The van der Waals surface area contributed by atoms with Gasteiger partial charge in [-0.05, 0) is 13.0 Å². The summed E-state index contributed by atoms with van der Waals surface area (Å²) in [6.07, 6.45) is 0. The molecule has 0 saturated carbocycles. The number of non-ortho nitro benzene ring substituents is 1. The molecule has 0 unspecified atom stereocenters.